The van der Waals surface area contributed by atoms with Gasteiger partial charge < -0.3 is 20.8 Å². The molecule has 0 spiro atoms. The topological polar surface area (TPSA) is 98.7 Å². The van der Waals surface area contributed by atoms with Crippen molar-refractivity contribution >= 4 is 46.5 Å². The fourth-order valence-electron chi connectivity index (χ4n) is 4.36. The fourth-order valence-corrected chi connectivity index (χ4v) is 4.74. The quantitative estimate of drug-likeness (QED) is 0.201. The minimum absolute atomic E-state index is 0.193. The van der Waals surface area contributed by atoms with E-state index in [1.165, 1.54) is 6.07 Å². The Kier molecular flexibility index (Phi) is 7.20. The summed E-state index contributed by atoms with van der Waals surface area (Å²) in [6.07, 6.45) is 0. The molecule has 8 heteroatoms. The molecule has 2 atom stereocenters. The van der Waals surface area contributed by atoms with Crippen molar-refractivity contribution in [1.29, 1.82) is 0 Å². The summed E-state index contributed by atoms with van der Waals surface area (Å²) in [5.41, 5.74) is -3.63. The number of hydrogen-bond donors (Lipinski definition) is 4. The molecule has 4 aromatic rings. The molecule has 36 heavy (non-hydrogen) atoms. The molecule has 0 radical (unpaired) electrons. The number of para-hydroxylation sites is 1. The second-order valence-corrected chi connectivity index (χ2v) is 8.93. The van der Waals surface area contributed by atoms with Gasteiger partial charge in [0.25, 0.3) is 0 Å². The molecule has 4 rings (SSSR count). The van der Waals surface area contributed by atoms with Crippen LogP contribution in [0.25, 0.3) is 0 Å². The van der Waals surface area contributed by atoms with Gasteiger partial charge in [-0.15, -0.1) is 0 Å². The maximum absolute atomic E-state index is 13.5. The maximum atomic E-state index is 13.5. The van der Waals surface area contributed by atoms with E-state index in [-0.39, 0.29) is 21.8 Å². The van der Waals surface area contributed by atoms with Gasteiger partial charge in [0, 0.05) is 10.7 Å². The average Bonchev–Trinajstić information content (AvgIpc) is 2.88. The summed E-state index contributed by atoms with van der Waals surface area (Å²) < 4.78 is 0. The number of carbonyl (C=O) groups is 2. The van der Waals surface area contributed by atoms with Crippen LogP contribution in [0.5, 0.6) is 0 Å². The highest BCUT2D eigenvalue weighted by atomic mass is 35.5. The highest BCUT2D eigenvalue weighted by molar-refractivity contribution is 6.33. The van der Waals surface area contributed by atoms with Gasteiger partial charge >= 0.3 is 11.9 Å². The van der Waals surface area contributed by atoms with E-state index in [1.807, 2.05) is 0 Å². The summed E-state index contributed by atoms with van der Waals surface area (Å²) in [7, 11) is 0. The van der Waals surface area contributed by atoms with Gasteiger partial charge in [-0.25, -0.2) is 9.59 Å². The van der Waals surface area contributed by atoms with Crippen molar-refractivity contribution in [3.05, 3.63) is 130 Å². The van der Waals surface area contributed by atoms with E-state index in [4.69, 9.17) is 23.2 Å². The van der Waals surface area contributed by atoms with E-state index < -0.39 is 23.0 Å². The fraction of sp³-hybridized carbons (Fsp3) is 0.0714. The molecule has 0 amide bonds. The lowest BCUT2D eigenvalue weighted by Gasteiger charge is -2.47. The average molecular weight is 521 g/mol. The summed E-state index contributed by atoms with van der Waals surface area (Å²) in [5, 5.41) is 28.6. The Hall–Kier alpha value is -4.00. The minimum Gasteiger partial charge on any atom is -0.479 e. The molecular formula is C28H22Cl2N2O4. The summed E-state index contributed by atoms with van der Waals surface area (Å²) in [4.78, 5) is 27.0. The third kappa shape index (κ3) is 4.37. The van der Waals surface area contributed by atoms with Crippen molar-refractivity contribution in [2.24, 2.45) is 0 Å². The molecule has 0 saturated carbocycles. The second-order valence-electron chi connectivity index (χ2n) is 8.08. The van der Waals surface area contributed by atoms with Crippen LogP contribution in [0.2, 0.25) is 10.0 Å². The van der Waals surface area contributed by atoms with Crippen molar-refractivity contribution in [2.75, 3.05) is 10.6 Å². The molecular weight excluding hydrogens is 499 g/mol. The summed E-state index contributed by atoms with van der Waals surface area (Å²) in [6, 6.07) is 29.4. The van der Waals surface area contributed by atoms with Crippen LogP contribution in [0.3, 0.4) is 0 Å². The Bertz CT molecular complexity index is 1380. The summed E-state index contributed by atoms with van der Waals surface area (Å²) in [6.45, 7) is 0. The third-order valence-electron chi connectivity index (χ3n) is 5.97. The lowest BCUT2D eigenvalue weighted by Crippen LogP contribution is -2.67. The van der Waals surface area contributed by atoms with Gasteiger partial charge in [0.15, 0.2) is 11.1 Å². The van der Waals surface area contributed by atoms with E-state index in [0.717, 1.165) is 0 Å². The molecule has 0 aromatic heterocycles. The van der Waals surface area contributed by atoms with Crippen LogP contribution in [0, 0.1) is 0 Å². The van der Waals surface area contributed by atoms with Crippen LogP contribution in [-0.4, -0.2) is 22.2 Å². The minimum atomic E-state index is -2.30. The van der Waals surface area contributed by atoms with Crippen LogP contribution in [0.15, 0.2) is 109 Å². The zero-order chi connectivity index (χ0) is 25.8. The Labute approximate surface area is 218 Å². The third-order valence-corrected chi connectivity index (χ3v) is 6.53. The normalized spacial score (nSPS) is 14.2. The van der Waals surface area contributed by atoms with E-state index in [0.29, 0.717) is 10.7 Å². The van der Waals surface area contributed by atoms with Crippen LogP contribution in [-0.2, 0) is 20.7 Å². The largest absolute Gasteiger partial charge is 0.479 e. The van der Waals surface area contributed by atoms with Gasteiger partial charge in [0.05, 0.1) is 10.7 Å². The van der Waals surface area contributed by atoms with Crippen LogP contribution < -0.4 is 10.6 Å². The zero-order valence-corrected chi connectivity index (χ0v) is 20.4. The number of halogens is 2. The summed E-state index contributed by atoms with van der Waals surface area (Å²) in [5.74, 6) is -2.87. The number of carboxylic acid groups (broad SMARTS) is 2. The van der Waals surface area contributed by atoms with Crippen molar-refractivity contribution in [3.63, 3.8) is 0 Å². The molecule has 0 heterocycles. The van der Waals surface area contributed by atoms with Crippen LogP contribution >= 0.6 is 23.2 Å². The Morgan fingerprint density at radius 1 is 0.611 bits per heavy atom. The van der Waals surface area contributed by atoms with Crippen LogP contribution in [0.4, 0.5) is 11.4 Å². The molecule has 0 saturated heterocycles. The molecule has 6 nitrogen and oxygen atoms in total. The van der Waals surface area contributed by atoms with Crippen molar-refractivity contribution < 1.29 is 19.8 Å². The highest BCUT2D eigenvalue weighted by Gasteiger charge is 2.65. The second kappa shape index (κ2) is 10.3. The van der Waals surface area contributed by atoms with Crippen molar-refractivity contribution in [3.8, 4) is 0 Å². The molecule has 182 valence electrons. The number of hydrogen-bond acceptors (Lipinski definition) is 4. The maximum Gasteiger partial charge on any atom is 0.337 e. The van der Waals surface area contributed by atoms with Gasteiger partial charge in [0.1, 0.15) is 0 Å². The number of benzene rings is 4. The molecule has 0 aliphatic rings. The Morgan fingerprint density at radius 3 is 1.61 bits per heavy atom. The molecule has 2 unspecified atom stereocenters. The molecule has 0 aliphatic carbocycles. The number of nitrogens with one attached hydrogen (secondary N) is 2. The Balaban J connectivity index is 2.14. The molecule has 0 fully saturated rings. The van der Waals surface area contributed by atoms with Gasteiger partial charge in [0.2, 0.25) is 0 Å². The number of carboxylic acids is 2. The van der Waals surface area contributed by atoms with Gasteiger partial charge in [-0.05, 0) is 41.5 Å². The Morgan fingerprint density at radius 2 is 1.11 bits per heavy atom. The summed E-state index contributed by atoms with van der Waals surface area (Å²) >= 11 is 12.6. The molecule has 0 aliphatic heterocycles. The monoisotopic (exact) mass is 520 g/mol. The lowest BCUT2D eigenvalue weighted by atomic mass is 9.67. The predicted octanol–water partition coefficient (Wildman–Crippen LogP) is 6.48. The van der Waals surface area contributed by atoms with Crippen molar-refractivity contribution in [2.45, 2.75) is 11.1 Å². The van der Waals surface area contributed by atoms with Gasteiger partial charge in [-0.1, -0.05) is 102 Å². The highest BCUT2D eigenvalue weighted by Crippen LogP contribution is 2.47. The van der Waals surface area contributed by atoms with Gasteiger partial charge in [-0.3, -0.25) is 0 Å². The lowest BCUT2D eigenvalue weighted by molar-refractivity contribution is -0.156. The van der Waals surface area contributed by atoms with Gasteiger partial charge in [-0.2, -0.15) is 0 Å². The first-order valence-corrected chi connectivity index (χ1v) is 11.7. The SMILES string of the molecule is O=C(O)C(Nc1cccc(Cl)c1)(c1ccccc1)C(Nc1ccccc1Cl)(C(=O)O)c1ccccc1. The standard InChI is InChI=1S/C28H22Cl2N2O4/c29-21-14-9-15-22(18-21)31-27(25(33)34,19-10-3-1-4-11-19)28(26(35)36,20-12-5-2-6-13-20)32-24-17-8-7-16-23(24)30/h1-18,31-32H,(H,33,34)(H,35,36). The smallest absolute Gasteiger partial charge is 0.337 e. The first-order chi connectivity index (χ1) is 17.3. The number of aliphatic carboxylic acids is 2. The van der Waals surface area contributed by atoms with E-state index in [1.54, 1.807) is 103 Å². The zero-order valence-electron chi connectivity index (χ0n) is 18.9. The molecule has 0 bridgehead atoms. The molecule has 4 N–H and O–H groups in total. The first-order valence-electron chi connectivity index (χ1n) is 11.0. The number of anilines is 2. The van der Waals surface area contributed by atoms with E-state index >= 15 is 0 Å². The van der Waals surface area contributed by atoms with E-state index in [9.17, 15) is 19.8 Å². The van der Waals surface area contributed by atoms with Crippen molar-refractivity contribution in [1.82, 2.24) is 0 Å². The van der Waals surface area contributed by atoms with E-state index in [2.05, 4.69) is 10.6 Å². The first kappa shape index (κ1) is 25.1. The van der Waals surface area contributed by atoms with Crippen LogP contribution in [0.1, 0.15) is 11.1 Å². The number of rotatable bonds is 9. The molecule has 4 aromatic carbocycles. The predicted molar refractivity (Wildman–Crippen MR) is 142 cm³/mol.